The first-order valence-electron chi connectivity index (χ1n) is 3.65. The Morgan fingerprint density at radius 1 is 1.60 bits per heavy atom. The Hall–Kier alpha value is -0.240. The van der Waals surface area contributed by atoms with Crippen LogP contribution in [0.25, 0.3) is 0 Å². The van der Waals surface area contributed by atoms with Crippen LogP contribution in [-0.4, -0.2) is 17.2 Å². The molecular formula is C7H10ClNO. The molecule has 3 heteroatoms. The van der Waals surface area contributed by atoms with E-state index in [0.29, 0.717) is 5.88 Å². The van der Waals surface area contributed by atoms with Gasteiger partial charge >= 0.3 is 0 Å². The van der Waals surface area contributed by atoms with Crippen molar-refractivity contribution in [3.8, 4) is 0 Å². The van der Waals surface area contributed by atoms with Gasteiger partial charge in [-0.3, -0.25) is 0 Å². The van der Waals surface area contributed by atoms with Gasteiger partial charge in [-0.1, -0.05) is 5.16 Å². The molecular weight excluding hydrogens is 150 g/mol. The van der Waals surface area contributed by atoms with Crippen molar-refractivity contribution in [3.63, 3.8) is 0 Å². The highest BCUT2D eigenvalue weighted by Gasteiger charge is 2.44. The molecule has 0 atom stereocenters. The molecule has 0 saturated heterocycles. The number of alkyl halides is 1. The molecule has 0 radical (unpaired) electrons. The van der Waals surface area contributed by atoms with Gasteiger partial charge in [0.05, 0.1) is 11.6 Å². The molecule has 56 valence electrons. The van der Waals surface area contributed by atoms with E-state index >= 15 is 0 Å². The van der Waals surface area contributed by atoms with Gasteiger partial charge in [-0.05, 0) is 19.3 Å². The molecule has 0 amide bonds. The van der Waals surface area contributed by atoms with Gasteiger partial charge in [-0.25, -0.2) is 0 Å². The van der Waals surface area contributed by atoms with Gasteiger partial charge in [0.15, 0.2) is 0 Å². The Morgan fingerprint density at radius 3 is 2.70 bits per heavy atom. The van der Waals surface area contributed by atoms with Crippen molar-refractivity contribution in [1.29, 1.82) is 0 Å². The Morgan fingerprint density at radius 2 is 2.40 bits per heavy atom. The van der Waals surface area contributed by atoms with Gasteiger partial charge in [0.2, 0.25) is 0 Å². The van der Waals surface area contributed by atoms with E-state index < -0.39 is 0 Å². The van der Waals surface area contributed by atoms with Crippen molar-refractivity contribution in [2.45, 2.75) is 31.3 Å². The number of oxime groups is 1. The quantitative estimate of drug-likeness (QED) is 0.536. The first-order chi connectivity index (χ1) is 4.85. The van der Waals surface area contributed by atoms with Crippen LogP contribution in [-0.2, 0) is 4.84 Å². The van der Waals surface area contributed by atoms with Crippen molar-refractivity contribution >= 4 is 17.3 Å². The van der Waals surface area contributed by atoms with Gasteiger partial charge < -0.3 is 4.84 Å². The Kier molecular flexibility index (Phi) is 1.37. The fourth-order valence-electron chi connectivity index (χ4n) is 1.51. The van der Waals surface area contributed by atoms with Crippen LogP contribution in [0.4, 0.5) is 0 Å². The predicted molar refractivity (Wildman–Crippen MR) is 40.4 cm³/mol. The average Bonchev–Trinajstić information content (AvgIpc) is 2.29. The van der Waals surface area contributed by atoms with Crippen LogP contribution in [0.2, 0.25) is 0 Å². The summed E-state index contributed by atoms with van der Waals surface area (Å²) in [7, 11) is 0. The summed E-state index contributed by atoms with van der Waals surface area (Å²) in [5, 5.41) is 3.91. The second kappa shape index (κ2) is 2.12. The van der Waals surface area contributed by atoms with E-state index in [4.69, 9.17) is 16.4 Å². The molecule has 1 fully saturated rings. The Bertz CT molecular complexity index is 174. The third-order valence-electron chi connectivity index (χ3n) is 2.31. The highest BCUT2D eigenvalue weighted by Crippen LogP contribution is 2.42. The standard InChI is InChI=1S/C7H10ClNO/c8-5-6-4-7(10-9-6)2-1-3-7/h1-5H2. The van der Waals surface area contributed by atoms with Crippen molar-refractivity contribution in [2.75, 3.05) is 5.88 Å². The minimum atomic E-state index is 0.101. The lowest BCUT2D eigenvalue weighted by atomic mass is 9.77. The molecule has 10 heavy (non-hydrogen) atoms. The highest BCUT2D eigenvalue weighted by molar-refractivity contribution is 6.28. The van der Waals surface area contributed by atoms with Crippen molar-refractivity contribution in [2.24, 2.45) is 5.16 Å². The summed E-state index contributed by atoms with van der Waals surface area (Å²) in [4.78, 5) is 5.28. The molecule has 1 aliphatic carbocycles. The second-order valence-corrected chi connectivity index (χ2v) is 3.36. The fourth-order valence-corrected chi connectivity index (χ4v) is 1.65. The van der Waals surface area contributed by atoms with Crippen molar-refractivity contribution in [1.82, 2.24) is 0 Å². The topological polar surface area (TPSA) is 21.6 Å². The lowest BCUT2D eigenvalue weighted by molar-refractivity contribution is -0.0755. The van der Waals surface area contributed by atoms with E-state index in [-0.39, 0.29) is 5.60 Å². The minimum Gasteiger partial charge on any atom is -0.389 e. The zero-order valence-electron chi connectivity index (χ0n) is 5.77. The molecule has 0 aromatic carbocycles. The summed E-state index contributed by atoms with van der Waals surface area (Å²) in [5.41, 5.74) is 1.12. The van der Waals surface area contributed by atoms with E-state index in [2.05, 4.69) is 5.16 Å². The van der Waals surface area contributed by atoms with E-state index in [1.807, 2.05) is 0 Å². The van der Waals surface area contributed by atoms with Gasteiger partial charge in [0, 0.05) is 6.42 Å². The number of hydrogen-bond acceptors (Lipinski definition) is 2. The molecule has 1 saturated carbocycles. The molecule has 0 aromatic heterocycles. The summed E-state index contributed by atoms with van der Waals surface area (Å²) in [5.74, 6) is 0.530. The van der Waals surface area contributed by atoms with Crippen LogP contribution >= 0.6 is 11.6 Å². The predicted octanol–water partition coefficient (Wildman–Crippen LogP) is 1.92. The molecule has 2 rings (SSSR count). The van der Waals surface area contributed by atoms with Gasteiger partial charge in [-0.2, -0.15) is 0 Å². The summed E-state index contributed by atoms with van der Waals surface area (Å²) in [6.07, 6.45) is 4.58. The zero-order valence-corrected chi connectivity index (χ0v) is 6.52. The molecule has 0 unspecified atom stereocenters. The third kappa shape index (κ3) is 0.823. The van der Waals surface area contributed by atoms with E-state index in [9.17, 15) is 0 Å². The van der Waals surface area contributed by atoms with Crippen LogP contribution in [0, 0.1) is 0 Å². The van der Waals surface area contributed by atoms with E-state index in [0.717, 1.165) is 25.0 Å². The molecule has 1 heterocycles. The van der Waals surface area contributed by atoms with Crippen LogP contribution in [0.15, 0.2) is 5.16 Å². The summed E-state index contributed by atoms with van der Waals surface area (Å²) in [6, 6.07) is 0. The molecule has 0 aromatic rings. The smallest absolute Gasteiger partial charge is 0.143 e. The number of halogens is 1. The van der Waals surface area contributed by atoms with E-state index in [1.54, 1.807) is 0 Å². The summed E-state index contributed by atoms with van der Waals surface area (Å²) < 4.78 is 0. The van der Waals surface area contributed by atoms with Crippen LogP contribution in [0.1, 0.15) is 25.7 Å². The largest absolute Gasteiger partial charge is 0.389 e. The van der Waals surface area contributed by atoms with Crippen LogP contribution in [0.5, 0.6) is 0 Å². The van der Waals surface area contributed by atoms with Gasteiger partial charge in [0.25, 0.3) is 0 Å². The monoisotopic (exact) mass is 159 g/mol. The summed E-state index contributed by atoms with van der Waals surface area (Å²) >= 11 is 5.61. The molecule has 1 spiro atoms. The zero-order chi connectivity index (χ0) is 7.03. The molecule has 1 aliphatic heterocycles. The SMILES string of the molecule is ClCC1=NOC2(CCC2)C1. The first kappa shape index (κ1) is 6.47. The third-order valence-corrected chi connectivity index (χ3v) is 2.62. The van der Waals surface area contributed by atoms with Crippen molar-refractivity contribution in [3.05, 3.63) is 0 Å². The first-order valence-corrected chi connectivity index (χ1v) is 4.18. The van der Waals surface area contributed by atoms with Crippen LogP contribution < -0.4 is 0 Å². The van der Waals surface area contributed by atoms with Gasteiger partial charge in [-0.15, -0.1) is 11.6 Å². The molecule has 2 nitrogen and oxygen atoms in total. The summed E-state index contributed by atoms with van der Waals surface area (Å²) in [6.45, 7) is 0. The average molecular weight is 160 g/mol. The maximum absolute atomic E-state index is 5.61. The van der Waals surface area contributed by atoms with Gasteiger partial charge in [0.1, 0.15) is 5.60 Å². The highest BCUT2D eigenvalue weighted by atomic mass is 35.5. The Balaban J connectivity index is 1.98. The number of rotatable bonds is 1. The lowest BCUT2D eigenvalue weighted by Crippen LogP contribution is -2.36. The normalized spacial score (nSPS) is 27.5. The number of nitrogens with zero attached hydrogens (tertiary/aromatic N) is 1. The molecule has 0 bridgehead atoms. The Labute approximate surface area is 65.2 Å². The lowest BCUT2D eigenvalue weighted by Gasteiger charge is -2.34. The van der Waals surface area contributed by atoms with Crippen LogP contribution in [0.3, 0.4) is 0 Å². The molecule has 0 N–H and O–H groups in total. The maximum Gasteiger partial charge on any atom is 0.143 e. The second-order valence-electron chi connectivity index (χ2n) is 3.10. The van der Waals surface area contributed by atoms with E-state index in [1.165, 1.54) is 6.42 Å². The minimum absolute atomic E-state index is 0.101. The fraction of sp³-hybridized carbons (Fsp3) is 0.857. The number of hydrogen-bond donors (Lipinski definition) is 0. The van der Waals surface area contributed by atoms with Crippen molar-refractivity contribution < 1.29 is 4.84 Å². The molecule has 2 aliphatic rings. The maximum atomic E-state index is 5.61.